The second-order valence-electron chi connectivity index (χ2n) is 35.3. The third-order valence-corrected chi connectivity index (χ3v) is 21.2. The van der Waals surface area contributed by atoms with Crippen LogP contribution in [-0.2, 0) is 47.3 Å². The lowest BCUT2D eigenvalue weighted by atomic mass is 9.80. The molecule has 584 valence electrons. The van der Waals surface area contributed by atoms with Crippen molar-refractivity contribution in [3.05, 3.63) is 244 Å². The maximum atomic E-state index is 16.7. The van der Waals surface area contributed by atoms with Gasteiger partial charge < -0.3 is 34.9 Å². The SMILES string of the molecule is C=C(C)C(=O)Cc1cccc(NC(=O)C(CC(C)C)N2C(=O)c3cc(Oc4ccc(C(C)(C)C)cc4)c4c5c(Oc6ccc(C(C)(C)C)cc6)cc6c7c(cc(Oc8ccc(C(C)(C)C)cc8)c(c8c(Oc9ccc(C(C)(C)C)cc9)cc(c3c48)C2=O)c75)C(=O)N(C(CC(C)C)C(=O)Nc2cccc(NC(=O)C(=C)C)c2)C6=O)c1. The minimum Gasteiger partial charge on any atom is -0.457 e. The second kappa shape index (κ2) is 30.4. The van der Waals surface area contributed by atoms with E-state index in [2.05, 4.69) is 112 Å². The highest BCUT2D eigenvalue weighted by molar-refractivity contribution is 6.45. The van der Waals surface area contributed by atoms with Gasteiger partial charge in [0.2, 0.25) is 11.8 Å². The van der Waals surface area contributed by atoms with E-state index in [4.69, 9.17) is 18.9 Å². The number of ether oxygens (including phenoxy) is 4. The topological polar surface area (TPSA) is 216 Å². The molecule has 7 amide bonds. The molecule has 2 aliphatic rings. The summed E-state index contributed by atoms with van der Waals surface area (Å²) in [5, 5.41) is 10.7. The van der Waals surface area contributed by atoms with E-state index in [0.717, 1.165) is 32.1 Å². The van der Waals surface area contributed by atoms with Crippen molar-refractivity contribution in [3.63, 3.8) is 0 Å². The number of carbonyl (C=O) groups excluding carboxylic acids is 8. The summed E-state index contributed by atoms with van der Waals surface area (Å²) in [6.07, 6.45) is 0.0654. The van der Waals surface area contributed by atoms with E-state index in [1.54, 1.807) is 86.6 Å². The van der Waals surface area contributed by atoms with Crippen LogP contribution in [-0.4, -0.2) is 69.0 Å². The van der Waals surface area contributed by atoms with Gasteiger partial charge in [0.05, 0.1) is 22.3 Å². The zero-order valence-corrected chi connectivity index (χ0v) is 68.3. The Labute approximate surface area is 666 Å². The van der Waals surface area contributed by atoms with Crippen LogP contribution in [0, 0.1) is 11.8 Å². The Hall–Kier alpha value is -12.2. The zero-order chi connectivity index (χ0) is 82.3. The number of allylic oxidation sites excluding steroid dienone is 1. The van der Waals surface area contributed by atoms with Gasteiger partial charge in [0.15, 0.2) is 5.78 Å². The average Bonchev–Trinajstić information content (AvgIpc) is 0.670. The van der Waals surface area contributed by atoms with Crippen molar-refractivity contribution >= 4 is 107 Å². The molecule has 2 heterocycles. The molecule has 114 heavy (non-hydrogen) atoms. The Kier molecular flexibility index (Phi) is 21.3. The van der Waals surface area contributed by atoms with Crippen LogP contribution in [0.1, 0.15) is 207 Å². The van der Waals surface area contributed by atoms with Crippen molar-refractivity contribution in [2.45, 2.75) is 178 Å². The summed E-state index contributed by atoms with van der Waals surface area (Å²) >= 11 is 0. The molecule has 0 aromatic heterocycles. The van der Waals surface area contributed by atoms with Crippen molar-refractivity contribution in [1.29, 1.82) is 0 Å². The maximum Gasteiger partial charge on any atom is 0.262 e. The normalized spacial score (nSPS) is 13.8. The molecule has 2 aliphatic heterocycles. The molecule has 11 aromatic rings. The molecule has 13 rings (SSSR count). The Morgan fingerprint density at radius 2 is 0.640 bits per heavy atom. The van der Waals surface area contributed by atoms with Gasteiger partial charge in [-0.15, -0.1) is 0 Å². The molecule has 3 N–H and O–H groups in total. The Balaban J connectivity index is 1.16. The van der Waals surface area contributed by atoms with E-state index >= 15 is 28.8 Å². The molecule has 17 heteroatoms. The highest BCUT2D eigenvalue weighted by Crippen LogP contribution is 2.59. The van der Waals surface area contributed by atoms with Crippen LogP contribution in [0.3, 0.4) is 0 Å². The highest BCUT2D eigenvalue weighted by Gasteiger charge is 2.47. The predicted molar refractivity (Wildman–Crippen MR) is 453 cm³/mol. The van der Waals surface area contributed by atoms with Crippen molar-refractivity contribution in [3.8, 4) is 46.0 Å². The fourth-order valence-corrected chi connectivity index (χ4v) is 15.0. The standard InChI is InChI=1S/C97H99N5O12/c1-52(2)43-72(88(105)99-61-24-21-23-56(45-61)46-74(103)54(5)6)101-90(107)68-48-75(111-64-35-27-57(28-36-64)94(9,10)11)81-83-77(113-66-39-31-59(32-40-66)96(15,16)17)50-70-80-71(93(110)102(92(70)109)73(44-53(3)4)89(106)100-63-26-22-25-62(47-63)98-87(104)55(7)8)51-78(114-67-41-33-60(34-42-67)97(18,19)20)84(86(80)83)82-76(49-69(91(101)108)79(68)85(81)82)112-65-37-29-58(30-38-65)95(12,13)14/h21-42,45,47-53,72-73H,5,7,43-44,46H2,1-4,6,8-20H3,(H,98,104)(H,99,105)(H,100,106). The van der Waals surface area contributed by atoms with Crippen LogP contribution in [0.25, 0.3) is 43.1 Å². The van der Waals surface area contributed by atoms with Crippen LogP contribution in [0.4, 0.5) is 17.1 Å². The first kappa shape index (κ1) is 79.8. The molecule has 0 bridgehead atoms. The number of anilines is 3. The summed E-state index contributed by atoms with van der Waals surface area (Å²) in [6.45, 7) is 43.6. The summed E-state index contributed by atoms with van der Waals surface area (Å²) in [7, 11) is 0. The molecule has 0 spiro atoms. The number of nitrogens with one attached hydrogen (secondary N) is 3. The lowest BCUT2D eigenvalue weighted by Crippen LogP contribution is -2.52. The van der Waals surface area contributed by atoms with Crippen LogP contribution in [0.5, 0.6) is 46.0 Å². The second-order valence-corrected chi connectivity index (χ2v) is 35.3. The van der Waals surface area contributed by atoms with Crippen molar-refractivity contribution in [2.24, 2.45) is 11.8 Å². The number of rotatable bonds is 23. The number of fused-ring (bicyclic) bond motifs is 2. The maximum absolute atomic E-state index is 16.7. The van der Waals surface area contributed by atoms with Crippen LogP contribution >= 0.6 is 0 Å². The number of carbonyl (C=O) groups is 8. The fraction of sp³-hybridized carbons (Fsp3) is 0.299. The Morgan fingerprint density at radius 3 is 0.912 bits per heavy atom. The fourth-order valence-electron chi connectivity index (χ4n) is 15.0. The number of nitrogens with zero attached hydrogens (tertiary/aromatic N) is 2. The average molecular weight is 1530 g/mol. The van der Waals surface area contributed by atoms with Gasteiger partial charge >= 0.3 is 0 Å². The van der Waals surface area contributed by atoms with E-state index in [0.29, 0.717) is 45.5 Å². The lowest BCUT2D eigenvalue weighted by Gasteiger charge is -2.36. The molecule has 0 saturated carbocycles. The summed E-state index contributed by atoms with van der Waals surface area (Å²) in [4.78, 5) is 125. The van der Waals surface area contributed by atoms with Gasteiger partial charge in [-0.1, -0.05) is 191 Å². The number of imide groups is 2. The molecule has 0 aliphatic carbocycles. The molecule has 17 nitrogen and oxygen atoms in total. The van der Waals surface area contributed by atoms with Gasteiger partial charge in [-0.2, -0.15) is 0 Å². The van der Waals surface area contributed by atoms with Crippen molar-refractivity contribution < 1.29 is 57.3 Å². The number of ketones is 1. The molecule has 11 aromatic carbocycles. The van der Waals surface area contributed by atoms with Crippen LogP contribution in [0.15, 0.2) is 194 Å². The smallest absolute Gasteiger partial charge is 0.262 e. The van der Waals surface area contributed by atoms with Gasteiger partial charge in [-0.3, -0.25) is 48.2 Å². The molecule has 2 atom stereocenters. The predicted octanol–water partition coefficient (Wildman–Crippen LogP) is 22.6. The zero-order valence-electron chi connectivity index (χ0n) is 68.3. The van der Waals surface area contributed by atoms with Crippen molar-refractivity contribution in [1.82, 2.24) is 9.80 Å². The molecule has 0 saturated heterocycles. The van der Waals surface area contributed by atoms with E-state index in [1.165, 1.54) is 0 Å². The quantitative estimate of drug-likeness (QED) is 0.0236. The van der Waals surface area contributed by atoms with E-state index < -0.39 is 53.4 Å². The summed E-state index contributed by atoms with van der Waals surface area (Å²) in [5.74, 6) is -4.12. The third-order valence-electron chi connectivity index (χ3n) is 21.2. The van der Waals surface area contributed by atoms with E-state index in [1.807, 2.05) is 125 Å². The van der Waals surface area contributed by atoms with E-state index in [9.17, 15) is 9.59 Å². The molecular formula is C97H99N5O12. The number of benzene rings is 11. The minimum absolute atomic E-state index is 0.0108. The first-order valence-corrected chi connectivity index (χ1v) is 38.8. The summed E-state index contributed by atoms with van der Waals surface area (Å²) < 4.78 is 29.6. The number of hydrogen-bond donors (Lipinski definition) is 3. The Bertz CT molecular complexity index is 5180. The van der Waals surface area contributed by atoms with Gasteiger partial charge in [0, 0.05) is 72.1 Å². The monoisotopic (exact) mass is 1530 g/mol. The van der Waals surface area contributed by atoms with Crippen LogP contribution in [0.2, 0.25) is 0 Å². The lowest BCUT2D eigenvalue weighted by molar-refractivity contribution is -0.121. The van der Waals surface area contributed by atoms with Gasteiger partial charge in [-0.05, 0) is 197 Å². The minimum atomic E-state index is -1.44. The molecule has 0 fully saturated rings. The van der Waals surface area contributed by atoms with Gasteiger partial charge in [0.25, 0.3) is 29.5 Å². The van der Waals surface area contributed by atoms with E-state index in [-0.39, 0.29) is 158 Å². The molecule has 2 unspecified atom stereocenters. The van der Waals surface area contributed by atoms with Gasteiger partial charge in [0.1, 0.15) is 58.1 Å². The van der Waals surface area contributed by atoms with Gasteiger partial charge in [-0.25, -0.2) is 0 Å². The molecule has 0 radical (unpaired) electrons. The largest absolute Gasteiger partial charge is 0.457 e. The summed E-state index contributed by atoms with van der Waals surface area (Å²) in [5.41, 5.74) is 5.02. The first-order chi connectivity index (χ1) is 53.6. The first-order valence-electron chi connectivity index (χ1n) is 38.8. The van der Waals surface area contributed by atoms with Crippen LogP contribution < -0.4 is 34.9 Å². The summed E-state index contributed by atoms with van der Waals surface area (Å²) in [6, 6.07) is 47.3. The molecular weight excluding hydrogens is 1430 g/mol. The third kappa shape index (κ3) is 15.9. The van der Waals surface area contributed by atoms with Crippen molar-refractivity contribution in [2.75, 3.05) is 16.0 Å². The Morgan fingerprint density at radius 1 is 0.360 bits per heavy atom. The number of hydrogen-bond acceptors (Lipinski definition) is 12. The number of Topliss-reactive ketones (excluding diaryl/α,β-unsaturated/α-hetero) is 1. The number of amides is 7. The highest BCUT2D eigenvalue weighted by atomic mass is 16.5.